The van der Waals surface area contributed by atoms with E-state index in [1.165, 1.54) is 47.5 Å². The molecule has 9 nitrogen and oxygen atoms in total. The molecule has 1 atom stereocenters. The Kier molecular flexibility index (Phi) is 7.51. The number of fused-ring (bicyclic) bond motifs is 1. The van der Waals surface area contributed by atoms with Gasteiger partial charge in [0.25, 0.3) is 5.78 Å². The molecule has 0 bridgehead atoms. The summed E-state index contributed by atoms with van der Waals surface area (Å²) in [6, 6.07) is 22.7. The summed E-state index contributed by atoms with van der Waals surface area (Å²) in [7, 11) is 1.28. The highest BCUT2D eigenvalue weighted by molar-refractivity contribution is 8.00. The van der Waals surface area contributed by atoms with Gasteiger partial charge in [-0.2, -0.15) is 0 Å². The molecule has 1 N–H and O–H groups in total. The molecule has 2 aromatic heterocycles. The fourth-order valence-corrected chi connectivity index (χ4v) is 6.72. The maximum absolute atomic E-state index is 13.5. The average molecular weight is 595 g/mol. The van der Waals surface area contributed by atoms with Crippen molar-refractivity contribution in [2.24, 2.45) is 0 Å². The second-order valence-electron chi connectivity index (χ2n) is 9.30. The smallest absolute Gasteiger partial charge is 0.337 e. The van der Waals surface area contributed by atoms with E-state index in [9.17, 15) is 19.5 Å². The number of aliphatic hydroxyl groups is 1. The van der Waals surface area contributed by atoms with Crippen LogP contribution in [-0.2, 0) is 20.1 Å². The molecule has 42 heavy (non-hydrogen) atoms. The topological polar surface area (TPSA) is 123 Å². The number of aliphatic hydroxyl groups excluding tert-OH is 1. The number of esters is 1. The van der Waals surface area contributed by atoms with Gasteiger partial charge in [-0.1, -0.05) is 77.7 Å². The van der Waals surface area contributed by atoms with Gasteiger partial charge in [0, 0.05) is 23.7 Å². The van der Waals surface area contributed by atoms with E-state index in [0.717, 1.165) is 16.3 Å². The Morgan fingerprint density at radius 2 is 1.69 bits per heavy atom. The molecule has 6 rings (SSSR count). The molecule has 1 amide bonds. The minimum absolute atomic E-state index is 0.0998. The number of ether oxygens (including phenoxy) is 1. The van der Waals surface area contributed by atoms with Crippen molar-refractivity contribution in [2.45, 2.75) is 16.1 Å². The summed E-state index contributed by atoms with van der Waals surface area (Å²) in [5.41, 5.74) is 2.17. The number of pyridine rings is 1. The SMILES string of the molecule is COC(=O)c1ccc(C2C(=C(O)c3ccncc3)C(=O)C(=O)N2c2nnc(SCc3cccc4ccccc34)s2)cc1. The molecular weight excluding hydrogens is 572 g/mol. The summed E-state index contributed by atoms with van der Waals surface area (Å²) in [5, 5.41) is 22.3. The Morgan fingerprint density at radius 1 is 0.952 bits per heavy atom. The summed E-state index contributed by atoms with van der Waals surface area (Å²) in [5.74, 6) is -1.92. The molecule has 3 aromatic carbocycles. The van der Waals surface area contributed by atoms with Crippen LogP contribution >= 0.6 is 23.1 Å². The lowest BCUT2D eigenvalue weighted by molar-refractivity contribution is -0.132. The first-order valence-corrected chi connectivity index (χ1v) is 14.6. The Morgan fingerprint density at radius 3 is 2.45 bits per heavy atom. The quantitative estimate of drug-likeness (QED) is 0.0623. The molecule has 1 aliphatic heterocycles. The number of aromatic nitrogens is 3. The van der Waals surface area contributed by atoms with E-state index >= 15 is 0 Å². The average Bonchev–Trinajstić information content (AvgIpc) is 3.61. The molecule has 1 unspecified atom stereocenters. The van der Waals surface area contributed by atoms with Crippen molar-refractivity contribution in [3.63, 3.8) is 0 Å². The van der Waals surface area contributed by atoms with Gasteiger partial charge >= 0.3 is 11.9 Å². The molecule has 5 aromatic rings. The molecule has 1 aliphatic rings. The van der Waals surface area contributed by atoms with Gasteiger partial charge in [0.2, 0.25) is 5.13 Å². The van der Waals surface area contributed by atoms with Crippen molar-refractivity contribution >= 4 is 62.4 Å². The fourth-order valence-electron chi connectivity index (χ4n) is 4.85. The summed E-state index contributed by atoms with van der Waals surface area (Å²) in [6.45, 7) is 0. The van der Waals surface area contributed by atoms with E-state index in [-0.39, 0.29) is 16.5 Å². The Hall–Kier alpha value is -4.87. The first-order chi connectivity index (χ1) is 20.5. The molecular formula is C31H22N4O5S2. The number of carbonyl (C=O) groups excluding carboxylic acids is 3. The highest BCUT2D eigenvalue weighted by atomic mass is 32.2. The number of hydrogen-bond acceptors (Lipinski definition) is 10. The van der Waals surface area contributed by atoms with Crippen molar-refractivity contribution in [2.75, 3.05) is 12.0 Å². The Balaban J connectivity index is 1.37. The van der Waals surface area contributed by atoms with Gasteiger partial charge in [-0.3, -0.25) is 19.5 Å². The summed E-state index contributed by atoms with van der Waals surface area (Å²) >= 11 is 2.67. The highest BCUT2D eigenvalue weighted by Gasteiger charge is 2.48. The molecule has 208 valence electrons. The van der Waals surface area contributed by atoms with Gasteiger partial charge in [0.15, 0.2) is 4.34 Å². The van der Waals surface area contributed by atoms with E-state index in [2.05, 4.69) is 39.4 Å². The van der Waals surface area contributed by atoms with Crippen molar-refractivity contribution in [1.82, 2.24) is 15.2 Å². The highest BCUT2D eigenvalue weighted by Crippen LogP contribution is 2.44. The van der Waals surface area contributed by atoms with Crippen LogP contribution < -0.4 is 4.90 Å². The molecule has 0 aliphatic carbocycles. The second-order valence-corrected chi connectivity index (χ2v) is 11.5. The number of carbonyl (C=O) groups is 3. The number of hydrogen-bond donors (Lipinski definition) is 1. The van der Waals surface area contributed by atoms with Crippen molar-refractivity contribution in [3.05, 3.63) is 119 Å². The monoisotopic (exact) mass is 594 g/mol. The number of benzene rings is 3. The van der Waals surface area contributed by atoms with E-state index in [1.54, 1.807) is 36.4 Å². The summed E-state index contributed by atoms with van der Waals surface area (Å²) < 4.78 is 5.41. The lowest BCUT2D eigenvalue weighted by Gasteiger charge is -2.22. The van der Waals surface area contributed by atoms with Gasteiger partial charge in [-0.05, 0) is 46.2 Å². The van der Waals surface area contributed by atoms with Gasteiger partial charge in [0.05, 0.1) is 24.3 Å². The van der Waals surface area contributed by atoms with Crippen LogP contribution in [0, 0.1) is 0 Å². The van der Waals surface area contributed by atoms with Crippen molar-refractivity contribution in [3.8, 4) is 0 Å². The standard InChI is InChI=1S/C31H22N4O5S2/c1-40-29(39)21-11-9-19(10-12-21)25-24(26(36)20-13-15-32-16-14-20)27(37)28(38)35(25)30-33-34-31(42-30)41-17-22-7-4-6-18-5-2-3-8-23(18)22/h2-16,25,36H,17H2,1H3. The number of anilines is 1. The maximum atomic E-state index is 13.5. The zero-order valence-corrected chi connectivity index (χ0v) is 23.8. The van der Waals surface area contributed by atoms with Gasteiger partial charge in [-0.15, -0.1) is 10.2 Å². The van der Waals surface area contributed by atoms with Crippen LogP contribution in [0.2, 0.25) is 0 Å². The summed E-state index contributed by atoms with van der Waals surface area (Å²) in [6.07, 6.45) is 2.96. The minimum atomic E-state index is -1.01. The third-order valence-corrected chi connectivity index (χ3v) is 8.98. The minimum Gasteiger partial charge on any atom is -0.507 e. The van der Waals surface area contributed by atoms with Crippen LogP contribution in [0.15, 0.2) is 101 Å². The normalized spacial score (nSPS) is 16.2. The van der Waals surface area contributed by atoms with E-state index in [4.69, 9.17) is 4.74 Å². The Labute approximate surface area is 248 Å². The zero-order chi connectivity index (χ0) is 29.2. The third-order valence-electron chi connectivity index (χ3n) is 6.88. The van der Waals surface area contributed by atoms with Gasteiger partial charge in [-0.25, -0.2) is 4.79 Å². The van der Waals surface area contributed by atoms with Crippen LogP contribution in [0.3, 0.4) is 0 Å². The van der Waals surface area contributed by atoms with E-state index in [1.807, 2.05) is 18.2 Å². The molecule has 0 saturated carbocycles. The molecule has 0 radical (unpaired) electrons. The van der Waals surface area contributed by atoms with Crippen LogP contribution in [-0.4, -0.2) is 45.1 Å². The predicted octanol–water partition coefficient (Wildman–Crippen LogP) is 5.79. The molecule has 1 saturated heterocycles. The fraction of sp³-hybridized carbons (Fsp3) is 0.0968. The number of amides is 1. The maximum Gasteiger partial charge on any atom is 0.337 e. The van der Waals surface area contributed by atoms with Crippen LogP contribution in [0.5, 0.6) is 0 Å². The van der Waals surface area contributed by atoms with Crippen LogP contribution in [0.25, 0.3) is 16.5 Å². The van der Waals surface area contributed by atoms with Crippen LogP contribution in [0.1, 0.15) is 33.1 Å². The molecule has 1 fully saturated rings. The zero-order valence-electron chi connectivity index (χ0n) is 22.1. The molecule has 3 heterocycles. The first kappa shape index (κ1) is 27.3. The summed E-state index contributed by atoms with van der Waals surface area (Å²) in [4.78, 5) is 44.1. The second kappa shape index (κ2) is 11.6. The largest absolute Gasteiger partial charge is 0.507 e. The van der Waals surface area contributed by atoms with Gasteiger partial charge in [0.1, 0.15) is 5.76 Å². The molecule has 0 spiro atoms. The number of thioether (sulfide) groups is 1. The lowest BCUT2D eigenvalue weighted by atomic mass is 9.95. The number of rotatable bonds is 7. The first-order valence-electron chi connectivity index (χ1n) is 12.8. The Bertz CT molecular complexity index is 1850. The van der Waals surface area contributed by atoms with Crippen molar-refractivity contribution < 1.29 is 24.2 Å². The van der Waals surface area contributed by atoms with Crippen molar-refractivity contribution in [1.29, 1.82) is 0 Å². The predicted molar refractivity (Wildman–Crippen MR) is 160 cm³/mol. The van der Waals surface area contributed by atoms with Crippen LogP contribution in [0.4, 0.5) is 5.13 Å². The molecule has 11 heteroatoms. The third kappa shape index (κ3) is 5.04. The lowest BCUT2D eigenvalue weighted by Crippen LogP contribution is -2.29. The van der Waals surface area contributed by atoms with Gasteiger partial charge < -0.3 is 9.84 Å². The number of methoxy groups -OCH3 is 1. The number of ketones is 1. The number of Topliss-reactive ketones (excluding diaryl/α,β-unsaturated/α-hetero) is 1. The number of nitrogens with zero attached hydrogens (tertiary/aromatic N) is 4. The van der Waals surface area contributed by atoms with E-state index in [0.29, 0.717) is 26.8 Å². The van der Waals surface area contributed by atoms with E-state index < -0.39 is 23.7 Å².